The van der Waals surface area contributed by atoms with Crippen LogP contribution in [-0.2, 0) is 0 Å². The van der Waals surface area contributed by atoms with Gasteiger partial charge in [0.2, 0.25) is 0 Å². The first-order valence-corrected chi connectivity index (χ1v) is 7.62. The fraction of sp³-hybridized carbons (Fsp3) is 0.235. The number of thiocarbonyl (C=S) groups is 1. The second-order valence-corrected chi connectivity index (χ2v) is 5.79. The van der Waals surface area contributed by atoms with Crippen molar-refractivity contribution in [2.45, 2.75) is 6.04 Å². The molecule has 0 bridgehead atoms. The fourth-order valence-electron chi connectivity index (χ4n) is 2.24. The summed E-state index contributed by atoms with van der Waals surface area (Å²) in [5, 5.41) is 6.83. The van der Waals surface area contributed by atoms with Crippen molar-refractivity contribution in [2.75, 3.05) is 26.0 Å². The Morgan fingerprint density at radius 3 is 2.32 bits per heavy atom. The molecule has 0 unspecified atom stereocenters. The van der Waals surface area contributed by atoms with Gasteiger partial charge in [-0.3, -0.25) is 0 Å². The van der Waals surface area contributed by atoms with Crippen molar-refractivity contribution in [2.24, 2.45) is 0 Å². The van der Waals surface area contributed by atoms with Gasteiger partial charge in [-0.1, -0.05) is 30.3 Å². The molecular weight excluding hydrogens is 297 g/mol. The summed E-state index contributed by atoms with van der Waals surface area (Å²) in [5.41, 5.74) is 2.03. The number of halogens is 1. The first-order valence-electron chi connectivity index (χ1n) is 7.21. The van der Waals surface area contributed by atoms with Crippen LogP contribution >= 0.6 is 12.2 Å². The third kappa shape index (κ3) is 4.79. The van der Waals surface area contributed by atoms with Gasteiger partial charge >= 0.3 is 0 Å². The van der Waals surface area contributed by atoms with Gasteiger partial charge in [0.25, 0.3) is 0 Å². The maximum absolute atomic E-state index is 12.9. The van der Waals surface area contributed by atoms with Crippen molar-refractivity contribution in [1.82, 2.24) is 5.32 Å². The second kappa shape index (κ2) is 7.87. The Morgan fingerprint density at radius 1 is 1.09 bits per heavy atom. The van der Waals surface area contributed by atoms with Crippen molar-refractivity contribution in [3.8, 4) is 0 Å². The van der Waals surface area contributed by atoms with E-state index in [2.05, 4.69) is 36.9 Å². The number of hydrogen-bond acceptors (Lipinski definition) is 1. The molecule has 0 spiro atoms. The SMILES string of the molecule is C[NH+](C)[C@H](CNC(=S)Nc1ccc(F)cc1)c1ccccc1. The quantitative estimate of drug-likeness (QED) is 0.737. The van der Waals surface area contributed by atoms with Gasteiger partial charge in [-0.25, -0.2) is 4.39 Å². The van der Waals surface area contributed by atoms with Crippen LogP contribution in [0.2, 0.25) is 0 Å². The molecule has 5 heteroatoms. The minimum Gasteiger partial charge on any atom is -0.356 e. The third-order valence-corrected chi connectivity index (χ3v) is 3.71. The van der Waals surface area contributed by atoms with Crippen molar-refractivity contribution >= 4 is 23.0 Å². The molecule has 2 aromatic rings. The normalized spacial score (nSPS) is 12.0. The molecule has 0 saturated carbocycles. The minimum absolute atomic E-state index is 0.259. The van der Waals surface area contributed by atoms with Crippen LogP contribution in [0.25, 0.3) is 0 Å². The summed E-state index contributed by atoms with van der Waals surface area (Å²) in [6.07, 6.45) is 0. The maximum Gasteiger partial charge on any atom is 0.171 e. The van der Waals surface area contributed by atoms with Gasteiger partial charge in [-0.15, -0.1) is 0 Å². The molecule has 2 aromatic carbocycles. The van der Waals surface area contributed by atoms with Crippen molar-refractivity contribution in [3.63, 3.8) is 0 Å². The van der Waals surface area contributed by atoms with Crippen LogP contribution in [0.1, 0.15) is 11.6 Å². The predicted octanol–water partition coefficient (Wildman–Crippen LogP) is 2.00. The van der Waals surface area contributed by atoms with Gasteiger partial charge in [0.1, 0.15) is 11.9 Å². The number of quaternary nitrogens is 1. The van der Waals surface area contributed by atoms with E-state index in [-0.39, 0.29) is 5.82 Å². The van der Waals surface area contributed by atoms with E-state index in [1.165, 1.54) is 22.6 Å². The Hall–Kier alpha value is -1.98. The average Bonchev–Trinajstić information content (AvgIpc) is 2.50. The molecule has 22 heavy (non-hydrogen) atoms. The van der Waals surface area contributed by atoms with E-state index < -0.39 is 0 Å². The van der Waals surface area contributed by atoms with Gasteiger partial charge < -0.3 is 15.5 Å². The summed E-state index contributed by atoms with van der Waals surface area (Å²) in [6.45, 7) is 0.722. The van der Waals surface area contributed by atoms with Gasteiger partial charge in [-0.05, 0) is 36.5 Å². The minimum atomic E-state index is -0.259. The molecule has 2 rings (SSSR count). The Kier molecular flexibility index (Phi) is 5.86. The largest absolute Gasteiger partial charge is 0.356 e. The van der Waals surface area contributed by atoms with Crippen molar-refractivity contribution in [3.05, 3.63) is 66.0 Å². The maximum atomic E-state index is 12.9. The van der Waals surface area contributed by atoms with Crippen LogP contribution in [0.4, 0.5) is 10.1 Å². The standard InChI is InChI=1S/C17H20FN3S/c1-21(2)16(13-6-4-3-5-7-13)12-19-17(22)20-15-10-8-14(18)9-11-15/h3-11,16H,12H2,1-2H3,(H2,19,20,22)/p+1/t16-/m1/s1. The smallest absolute Gasteiger partial charge is 0.171 e. The van der Waals surface area contributed by atoms with Crippen LogP contribution in [-0.4, -0.2) is 25.8 Å². The number of nitrogens with one attached hydrogen (secondary N) is 3. The van der Waals surface area contributed by atoms with E-state index in [4.69, 9.17) is 12.2 Å². The predicted molar refractivity (Wildman–Crippen MR) is 92.6 cm³/mol. The summed E-state index contributed by atoms with van der Waals surface area (Å²) in [4.78, 5) is 1.32. The first-order chi connectivity index (χ1) is 10.6. The summed E-state index contributed by atoms with van der Waals surface area (Å²) >= 11 is 5.30. The van der Waals surface area contributed by atoms with Crippen LogP contribution in [0.15, 0.2) is 54.6 Å². The molecule has 0 aromatic heterocycles. The summed E-state index contributed by atoms with van der Waals surface area (Å²) in [7, 11) is 4.24. The van der Waals surface area contributed by atoms with Gasteiger partial charge in [-0.2, -0.15) is 0 Å². The van der Waals surface area contributed by atoms with Gasteiger partial charge in [0.05, 0.1) is 20.6 Å². The summed E-state index contributed by atoms with van der Waals surface area (Å²) in [6, 6.07) is 16.8. The molecule has 116 valence electrons. The highest BCUT2D eigenvalue weighted by atomic mass is 32.1. The number of benzene rings is 2. The number of rotatable bonds is 5. The zero-order valence-corrected chi connectivity index (χ0v) is 13.6. The third-order valence-electron chi connectivity index (χ3n) is 3.47. The molecule has 0 saturated heterocycles. The molecule has 0 aliphatic heterocycles. The number of hydrogen-bond donors (Lipinski definition) is 3. The van der Waals surface area contributed by atoms with E-state index in [1.54, 1.807) is 12.1 Å². The Labute approximate surface area is 136 Å². The topological polar surface area (TPSA) is 28.5 Å². The molecule has 0 aliphatic rings. The lowest BCUT2D eigenvalue weighted by Gasteiger charge is -2.23. The van der Waals surface area contributed by atoms with Crippen molar-refractivity contribution < 1.29 is 9.29 Å². The molecule has 0 radical (unpaired) electrons. The van der Waals surface area contributed by atoms with E-state index in [0.29, 0.717) is 11.2 Å². The Morgan fingerprint density at radius 2 is 1.73 bits per heavy atom. The van der Waals surface area contributed by atoms with Gasteiger partial charge in [0, 0.05) is 11.3 Å². The summed E-state index contributed by atoms with van der Waals surface area (Å²) < 4.78 is 12.9. The van der Waals surface area contributed by atoms with Crippen LogP contribution in [0, 0.1) is 5.82 Å². The Bertz CT molecular complexity index is 599. The average molecular weight is 318 g/mol. The Balaban J connectivity index is 1.92. The highest BCUT2D eigenvalue weighted by Crippen LogP contribution is 2.09. The van der Waals surface area contributed by atoms with Gasteiger partial charge in [0.15, 0.2) is 5.11 Å². The van der Waals surface area contributed by atoms with E-state index in [1.807, 2.05) is 18.2 Å². The second-order valence-electron chi connectivity index (χ2n) is 5.38. The van der Waals surface area contributed by atoms with Crippen LogP contribution in [0.5, 0.6) is 0 Å². The molecule has 0 heterocycles. The van der Waals surface area contributed by atoms with Crippen LogP contribution in [0.3, 0.4) is 0 Å². The highest BCUT2D eigenvalue weighted by Gasteiger charge is 2.17. The molecule has 1 atom stereocenters. The highest BCUT2D eigenvalue weighted by molar-refractivity contribution is 7.80. The van der Waals surface area contributed by atoms with E-state index >= 15 is 0 Å². The lowest BCUT2D eigenvalue weighted by molar-refractivity contribution is -0.890. The monoisotopic (exact) mass is 318 g/mol. The van der Waals surface area contributed by atoms with E-state index in [9.17, 15) is 4.39 Å². The molecule has 0 amide bonds. The van der Waals surface area contributed by atoms with E-state index in [0.717, 1.165) is 12.2 Å². The molecule has 0 aliphatic carbocycles. The summed E-state index contributed by atoms with van der Waals surface area (Å²) in [5.74, 6) is -0.259. The fourth-order valence-corrected chi connectivity index (χ4v) is 2.45. The molecule has 3 nitrogen and oxygen atoms in total. The zero-order chi connectivity index (χ0) is 15.9. The lowest BCUT2D eigenvalue weighted by atomic mass is 10.1. The molecular formula is C17H21FN3S+. The van der Waals surface area contributed by atoms with Crippen molar-refractivity contribution in [1.29, 1.82) is 0 Å². The zero-order valence-electron chi connectivity index (χ0n) is 12.8. The number of likely N-dealkylation sites (N-methyl/N-ethyl adjacent to an activating group) is 1. The number of anilines is 1. The first kappa shape index (κ1) is 16.4. The van der Waals surface area contributed by atoms with Crippen LogP contribution < -0.4 is 15.5 Å². The molecule has 3 N–H and O–H groups in total. The molecule has 0 fully saturated rings. The lowest BCUT2D eigenvalue weighted by Crippen LogP contribution is -3.07.